The minimum Gasteiger partial charge on any atom is -0.418 e. The summed E-state index contributed by atoms with van der Waals surface area (Å²) in [4.78, 5) is 19.9. The van der Waals surface area contributed by atoms with Gasteiger partial charge in [0.05, 0.1) is 10.6 Å². The van der Waals surface area contributed by atoms with Crippen LogP contribution in [0.3, 0.4) is 0 Å². The number of rotatable bonds is 9. The second-order valence-electron chi connectivity index (χ2n) is 6.51. The lowest BCUT2D eigenvalue weighted by molar-refractivity contribution is -0.00858. The maximum atomic E-state index is 13.6. The summed E-state index contributed by atoms with van der Waals surface area (Å²) in [5.74, 6) is -2.17. The highest BCUT2D eigenvalue weighted by Crippen LogP contribution is 2.31. The van der Waals surface area contributed by atoms with Crippen molar-refractivity contribution in [3.05, 3.63) is 47.1 Å². The molecule has 3 aromatic heterocycles. The molecule has 3 heterocycles. The molecule has 32 heavy (non-hydrogen) atoms. The standard InChI is InChI=1S/C19H20ClF2N7O3/c1-2-19(21,22)12-3-4-14(25-9-12)27-18(31)24-6-5-23-16-13(20)7-11(8-26-16)17-29-28-15(10-30)32-17/h3-4,7-9,30H,2,5-6,10H2,1H3,(H,23,26)(H2,24,25,27,31). The molecule has 0 aliphatic rings. The summed E-state index contributed by atoms with van der Waals surface area (Å²) < 4.78 is 32.4. The van der Waals surface area contributed by atoms with Crippen molar-refractivity contribution in [2.75, 3.05) is 23.7 Å². The highest BCUT2D eigenvalue weighted by atomic mass is 35.5. The van der Waals surface area contributed by atoms with Crippen molar-refractivity contribution < 1.29 is 23.1 Å². The first-order valence-corrected chi connectivity index (χ1v) is 9.92. The number of halogens is 3. The van der Waals surface area contributed by atoms with Gasteiger partial charge in [-0.25, -0.2) is 23.5 Å². The summed E-state index contributed by atoms with van der Waals surface area (Å²) in [5.41, 5.74) is 0.277. The summed E-state index contributed by atoms with van der Waals surface area (Å²) in [7, 11) is 0. The molecule has 0 bridgehead atoms. The Hall–Kier alpha value is -3.38. The number of pyridine rings is 2. The van der Waals surface area contributed by atoms with Crippen LogP contribution in [-0.4, -0.2) is 44.4 Å². The van der Waals surface area contributed by atoms with Gasteiger partial charge in [-0.05, 0) is 18.2 Å². The van der Waals surface area contributed by atoms with E-state index in [1.807, 2.05) is 0 Å². The van der Waals surface area contributed by atoms with E-state index >= 15 is 0 Å². The van der Waals surface area contributed by atoms with E-state index in [0.717, 1.165) is 6.20 Å². The van der Waals surface area contributed by atoms with Crippen molar-refractivity contribution in [2.24, 2.45) is 0 Å². The number of aliphatic hydroxyl groups excluding tert-OH is 1. The summed E-state index contributed by atoms with van der Waals surface area (Å²) in [5, 5.41) is 24.7. The van der Waals surface area contributed by atoms with E-state index in [2.05, 4.69) is 36.1 Å². The number of aliphatic hydroxyl groups is 1. The number of carbonyl (C=O) groups excluding carboxylic acids is 1. The number of nitrogens with zero attached hydrogens (tertiary/aromatic N) is 4. The molecule has 0 aliphatic heterocycles. The smallest absolute Gasteiger partial charge is 0.320 e. The topological polar surface area (TPSA) is 138 Å². The Balaban J connectivity index is 1.45. The lowest BCUT2D eigenvalue weighted by atomic mass is 10.1. The van der Waals surface area contributed by atoms with Gasteiger partial charge in [-0.3, -0.25) is 5.32 Å². The van der Waals surface area contributed by atoms with Crippen molar-refractivity contribution in [3.63, 3.8) is 0 Å². The van der Waals surface area contributed by atoms with Crippen molar-refractivity contribution in [3.8, 4) is 11.5 Å². The maximum absolute atomic E-state index is 13.6. The molecule has 0 aromatic carbocycles. The lowest BCUT2D eigenvalue weighted by Gasteiger charge is -2.14. The fourth-order valence-corrected chi connectivity index (χ4v) is 2.76. The van der Waals surface area contributed by atoms with Crippen LogP contribution in [0, 0.1) is 0 Å². The summed E-state index contributed by atoms with van der Waals surface area (Å²) >= 11 is 6.20. The zero-order valence-corrected chi connectivity index (χ0v) is 17.7. The Morgan fingerprint density at radius 1 is 1.22 bits per heavy atom. The average molecular weight is 468 g/mol. The lowest BCUT2D eigenvalue weighted by Crippen LogP contribution is -2.33. The molecular formula is C19H20ClF2N7O3. The molecule has 0 unspecified atom stereocenters. The molecule has 4 N–H and O–H groups in total. The number of amides is 2. The molecule has 0 fully saturated rings. The summed E-state index contributed by atoms with van der Waals surface area (Å²) in [6.45, 7) is 1.54. The number of anilines is 2. The predicted octanol–water partition coefficient (Wildman–Crippen LogP) is 3.41. The van der Waals surface area contributed by atoms with Crippen LogP contribution in [0.5, 0.6) is 0 Å². The van der Waals surface area contributed by atoms with Gasteiger partial charge in [0.1, 0.15) is 18.2 Å². The number of hydrogen-bond donors (Lipinski definition) is 4. The first-order chi connectivity index (χ1) is 15.3. The molecule has 170 valence electrons. The Morgan fingerprint density at radius 3 is 2.66 bits per heavy atom. The van der Waals surface area contributed by atoms with E-state index in [1.165, 1.54) is 25.3 Å². The number of carbonyl (C=O) groups is 1. The van der Waals surface area contributed by atoms with E-state index in [1.54, 1.807) is 6.07 Å². The van der Waals surface area contributed by atoms with Gasteiger partial charge in [-0.2, -0.15) is 0 Å². The van der Waals surface area contributed by atoms with Crippen molar-refractivity contribution in [1.82, 2.24) is 25.5 Å². The molecule has 0 atom stereocenters. The van der Waals surface area contributed by atoms with Gasteiger partial charge < -0.3 is 20.2 Å². The van der Waals surface area contributed by atoms with Gasteiger partial charge in [-0.1, -0.05) is 18.5 Å². The summed E-state index contributed by atoms with van der Waals surface area (Å²) in [6.07, 6.45) is 2.18. The van der Waals surface area contributed by atoms with Gasteiger partial charge >= 0.3 is 6.03 Å². The van der Waals surface area contributed by atoms with Crippen LogP contribution in [0.2, 0.25) is 5.02 Å². The number of aromatic nitrogens is 4. The van der Waals surface area contributed by atoms with E-state index in [9.17, 15) is 13.6 Å². The maximum Gasteiger partial charge on any atom is 0.320 e. The highest BCUT2D eigenvalue weighted by Gasteiger charge is 2.29. The minimum atomic E-state index is -2.96. The van der Waals surface area contributed by atoms with Crippen LogP contribution in [0.4, 0.5) is 25.2 Å². The van der Waals surface area contributed by atoms with Crippen LogP contribution >= 0.6 is 11.6 Å². The molecule has 13 heteroatoms. The molecule has 0 radical (unpaired) electrons. The van der Waals surface area contributed by atoms with Crippen LogP contribution in [0.25, 0.3) is 11.5 Å². The second-order valence-corrected chi connectivity index (χ2v) is 6.92. The quantitative estimate of drug-likeness (QED) is 0.351. The van der Waals surface area contributed by atoms with Crippen molar-refractivity contribution in [1.29, 1.82) is 0 Å². The third kappa shape index (κ3) is 5.86. The average Bonchev–Trinajstić information content (AvgIpc) is 3.27. The van der Waals surface area contributed by atoms with Gasteiger partial charge in [0.15, 0.2) is 0 Å². The SMILES string of the molecule is CCC(F)(F)c1ccc(NC(=O)NCCNc2ncc(-c3nnc(CO)o3)cc2Cl)nc1. The van der Waals surface area contributed by atoms with Crippen LogP contribution in [0.1, 0.15) is 24.8 Å². The Morgan fingerprint density at radius 2 is 2.03 bits per heavy atom. The van der Waals surface area contributed by atoms with Crippen molar-refractivity contribution in [2.45, 2.75) is 25.9 Å². The van der Waals surface area contributed by atoms with Gasteiger partial charge in [0.25, 0.3) is 5.92 Å². The minimum absolute atomic E-state index is 0.0766. The molecule has 0 saturated carbocycles. The molecule has 2 amide bonds. The molecule has 10 nitrogen and oxygen atoms in total. The zero-order chi connectivity index (χ0) is 23.1. The van der Waals surface area contributed by atoms with Crippen molar-refractivity contribution >= 4 is 29.3 Å². The van der Waals surface area contributed by atoms with Crippen LogP contribution in [-0.2, 0) is 12.5 Å². The van der Waals surface area contributed by atoms with Crippen LogP contribution < -0.4 is 16.0 Å². The molecule has 0 saturated heterocycles. The third-order valence-corrected chi connectivity index (χ3v) is 4.55. The molecule has 3 rings (SSSR count). The van der Waals surface area contributed by atoms with Crippen LogP contribution in [0.15, 0.2) is 35.0 Å². The summed E-state index contributed by atoms with van der Waals surface area (Å²) in [6, 6.07) is 3.57. The number of alkyl halides is 2. The fourth-order valence-electron chi connectivity index (χ4n) is 2.52. The Labute approximate surface area is 186 Å². The third-order valence-electron chi connectivity index (χ3n) is 4.26. The largest absolute Gasteiger partial charge is 0.418 e. The molecule has 0 aliphatic carbocycles. The number of nitrogens with one attached hydrogen (secondary N) is 3. The first kappa shape index (κ1) is 23.3. The molecular weight excluding hydrogens is 448 g/mol. The number of urea groups is 1. The Kier molecular flexibility index (Phi) is 7.49. The number of hydrogen-bond acceptors (Lipinski definition) is 8. The van der Waals surface area contributed by atoms with Gasteiger partial charge in [-0.15, -0.1) is 10.2 Å². The van der Waals surface area contributed by atoms with Gasteiger partial charge in [0.2, 0.25) is 11.8 Å². The Bertz CT molecular complexity index is 1060. The zero-order valence-electron chi connectivity index (χ0n) is 16.9. The first-order valence-electron chi connectivity index (χ1n) is 9.54. The fraction of sp³-hybridized carbons (Fsp3) is 0.316. The monoisotopic (exact) mass is 467 g/mol. The predicted molar refractivity (Wildman–Crippen MR) is 112 cm³/mol. The molecule has 3 aromatic rings. The van der Waals surface area contributed by atoms with Gasteiger partial charge in [0, 0.05) is 37.5 Å². The van der Waals surface area contributed by atoms with E-state index < -0.39 is 12.0 Å². The second kappa shape index (κ2) is 10.3. The normalized spacial score (nSPS) is 11.3. The highest BCUT2D eigenvalue weighted by molar-refractivity contribution is 6.33. The molecule has 0 spiro atoms. The van der Waals surface area contributed by atoms with E-state index in [0.29, 0.717) is 22.9 Å². The van der Waals surface area contributed by atoms with E-state index in [-0.39, 0.29) is 42.7 Å². The van der Waals surface area contributed by atoms with E-state index in [4.69, 9.17) is 21.1 Å².